The summed E-state index contributed by atoms with van der Waals surface area (Å²) in [5.41, 5.74) is 0.731. The second-order valence-electron chi connectivity index (χ2n) is 6.97. The standard InChI is InChI=1S/C16H31N/c1-8-10-11-14(16(6,7)9-2)12-17-13-15(3,4)5/h1,14,17H,9-13H2,2-7H3. The quantitative estimate of drug-likeness (QED) is 0.658. The molecule has 1 N–H and O–H groups in total. The van der Waals surface area contributed by atoms with E-state index >= 15 is 0 Å². The highest BCUT2D eigenvalue weighted by Crippen LogP contribution is 2.33. The first-order valence-electron chi connectivity index (χ1n) is 6.87. The van der Waals surface area contributed by atoms with E-state index < -0.39 is 0 Å². The minimum absolute atomic E-state index is 0.354. The van der Waals surface area contributed by atoms with Crippen LogP contribution in [0.4, 0.5) is 0 Å². The molecule has 1 atom stereocenters. The van der Waals surface area contributed by atoms with Crippen molar-refractivity contribution in [3.05, 3.63) is 0 Å². The van der Waals surface area contributed by atoms with Crippen molar-refractivity contribution in [2.75, 3.05) is 13.1 Å². The molecule has 0 aromatic heterocycles. The van der Waals surface area contributed by atoms with E-state index in [4.69, 9.17) is 6.42 Å². The highest BCUT2D eigenvalue weighted by molar-refractivity contribution is 4.88. The maximum Gasteiger partial charge on any atom is 0.00893 e. The van der Waals surface area contributed by atoms with Gasteiger partial charge in [-0.3, -0.25) is 0 Å². The number of hydrogen-bond donors (Lipinski definition) is 1. The summed E-state index contributed by atoms with van der Waals surface area (Å²) < 4.78 is 0. The van der Waals surface area contributed by atoms with Crippen LogP contribution < -0.4 is 5.32 Å². The van der Waals surface area contributed by atoms with Gasteiger partial charge in [0.15, 0.2) is 0 Å². The third-order valence-electron chi connectivity index (χ3n) is 3.70. The predicted molar refractivity (Wildman–Crippen MR) is 78.0 cm³/mol. The van der Waals surface area contributed by atoms with E-state index in [1.807, 2.05) is 0 Å². The molecular weight excluding hydrogens is 206 g/mol. The lowest BCUT2D eigenvalue weighted by atomic mass is 9.74. The molecule has 0 aliphatic heterocycles. The van der Waals surface area contributed by atoms with Gasteiger partial charge >= 0.3 is 0 Å². The van der Waals surface area contributed by atoms with E-state index in [0.29, 0.717) is 16.7 Å². The fraction of sp³-hybridized carbons (Fsp3) is 0.875. The molecule has 17 heavy (non-hydrogen) atoms. The van der Waals surface area contributed by atoms with E-state index in [0.717, 1.165) is 25.9 Å². The zero-order valence-electron chi connectivity index (χ0n) is 12.7. The lowest BCUT2D eigenvalue weighted by Gasteiger charge is -2.34. The molecule has 0 saturated heterocycles. The third-order valence-corrected chi connectivity index (χ3v) is 3.70. The van der Waals surface area contributed by atoms with Crippen LogP contribution in [0.5, 0.6) is 0 Å². The average molecular weight is 237 g/mol. The highest BCUT2D eigenvalue weighted by atomic mass is 14.9. The van der Waals surface area contributed by atoms with Crippen molar-refractivity contribution in [3.8, 4) is 12.3 Å². The van der Waals surface area contributed by atoms with Crippen molar-refractivity contribution in [3.63, 3.8) is 0 Å². The van der Waals surface area contributed by atoms with Crippen LogP contribution in [-0.2, 0) is 0 Å². The average Bonchev–Trinajstić information content (AvgIpc) is 2.21. The van der Waals surface area contributed by atoms with Crippen molar-refractivity contribution < 1.29 is 0 Å². The van der Waals surface area contributed by atoms with Crippen LogP contribution in [0.15, 0.2) is 0 Å². The number of terminal acetylenes is 1. The molecule has 1 heteroatoms. The molecule has 1 nitrogen and oxygen atoms in total. The van der Waals surface area contributed by atoms with Crippen molar-refractivity contribution >= 4 is 0 Å². The van der Waals surface area contributed by atoms with Gasteiger partial charge in [-0.2, -0.15) is 0 Å². The minimum Gasteiger partial charge on any atom is -0.316 e. The Hall–Kier alpha value is -0.480. The minimum atomic E-state index is 0.354. The molecule has 0 fully saturated rings. The van der Waals surface area contributed by atoms with Crippen LogP contribution in [0.1, 0.15) is 60.8 Å². The SMILES string of the molecule is C#CCCC(CNCC(C)(C)C)C(C)(C)CC. The Labute approximate surface area is 109 Å². The van der Waals surface area contributed by atoms with E-state index in [1.54, 1.807) is 0 Å². The van der Waals surface area contributed by atoms with Gasteiger partial charge in [0.2, 0.25) is 0 Å². The van der Waals surface area contributed by atoms with E-state index in [9.17, 15) is 0 Å². The summed E-state index contributed by atoms with van der Waals surface area (Å²) in [4.78, 5) is 0. The van der Waals surface area contributed by atoms with Crippen molar-refractivity contribution in [2.24, 2.45) is 16.7 Å². The first-order chi connectivity index (χ1) is 7.73. The van der Waals surface area contributed by atoms with Crippen LogP contribution >= 0.6 is 0 Å². The Kier molecular flexibility index (Phi) is 6.87. The maximum absolute atomic E-state index is 5.39. The van der Waals surface area contributed by atoms with Crippen LogP contribution in [0, 0.1) is 29.1 Å². The Balaban J connectivity index is 4.26. The van der Waals surface area contributed by atoms with E-state index in [1.165, 1.54) is 6.42 Å². The Bertz CT molecular complexity index is 239. The van der Waals surface area contributed by atoms with Crippen LogP contribution in [0.2, 0.25) is 0 Å². The zero-order chi connectivity index (χ0) is 13.5. The predicted octanol–water partition coefficient (Wildman–Crippen LogP) is 4.09. The molecule has 100 valence electrons. The molecule has 0 saturated carbocycles. The fourth-order valence-electron chi connectivity index (χ4n) is 1.94. The summed E-state index contributed by atoms with van der Waals surface area (Å²) >= 11 is 0. The van der Waals surface area contributed by atoms with Crippen molar-refractivity contribution in [2.45, 2.75) is 60.8 Å². The van der Waals surface area contributed by atoms with Gasteiger partial charge in [0.25, 0.3) is 0 Å². The summed E-state index contributed by atoms with van der Waals surface area (Å²) in [5, 5.41) is 3.61. The first kappa shape index (κ1) is 16.5. The molecule has 0 aliphatic rings. The molecule has 0 heterocycles. The normalized spacial score (nSPS) is 14.4. The van der Waals surface area contributed by atoms with Gasteiger partial charge in [-0.1, -0.05) is 48.0 Å². The lowest BCUT2D eigenvalue weighted by Crippen LogP contribution is -2.36. The van der Waals surface area contributed by atoms with Gasteiger partial charge in [-0.05, 0) is 36.3 Å². The molecule has 0 aromatic carbocycles. The topological polar surface area (TPSA) is 12.0 Å². The Morgan fingerprint density at radius 2 is 1.76 bits per heavy atom. The lowest BCUT2D eigenvalue weighted by molar-refractivity contribution is 0.182. The Morgan fingerprint density at radius 1 is 1.18 bits per heavy atom. The van der Waals surface area contributed by atoms with Gasteiger partial charge in [0, 0.05) is 6.42 Å². The van der Waals surface area contributed by atoms with Gasteiger partial charge in [0.05, 0.1) is 0 Å². The second-order valence-corrected chi connectivity index (χ2v) is 6.97. The van der Waals surface area contributed by atoms with Crippen molar-refractivity contribution in [1.82, 2.24) is 5.32 Å². The van der Waals surface area contributed by atoms with Gasteiger partial charge in [-0.25, -0.2) is 0 Å². The third kappa shape index (κ3) is 7.45. The van der Waals surface area contributed by atoms with Gasteiger partial charge in [0.1, 0.15) is 0 Å². The monoisotopic (exact) mass is 237 g/mol. The first-order valence-corrected chi connectivity index (χ1v) is 6.87. The van der Waals surface area contributed by atoms with Gasteiger partial charge < -0.3 is 5.32 Å². The van der Waals surface area contributed by atoms with Crippen LogP contribution in [-0.4, -0.2) is 13.1 Å². The summed E-state index contributed by atoms with van der Waals surface area (Å²) in [5.74, 6) is 3.45. The molecule has 0 amide bonds. The Morgan fingerprint density at radius 3 is 2.18 bits per heavy atom. The molecule has 0 radical (unpaired) electrons. The summed E-state index contributed by atoms with van der Waals surface area (Å²) in [6, 6.07) is 0. The number of rotatable bonds is 7. The molecular formula is C16H31N. The van der Waals surface area contributed by atoms with E-state index in [2.05, 4.69) is 52.8 Å². The number of nitrogens with one attached hydrogen (secondary N) is 1. The van der Waals surface area contributed by atoms with Crippen molar-refractivity contribution in [1.29, 1.82) is 0 Å². The number of hydrogen-bond acceptors (Lipinski definition) is 1. The zero-order valence-corrected chi connectivity index (χ0v) is 12.7. The fourth-order valence-corrected chi connectivity index (χ4v) is 1.94. The molecule has 0 aliphatic carbocycles. The summed E-state index contributed by atoms with van der Waals surface area (Å²) in [6.45, 7) is 15.9. The van der Waals surface area contributed by atoms with Gasteiger partial charge in [-0.15, -0.1) is 12.3 Å². The largest absolute Gasteiger partial charge is 0.316 e. The molecule has 1 unspecified atom stereocenters. The maximum atomic E-state index is 5.39. The van der Waals surface area contributed by atoms with Crippen LogP contribution in [0.25, 0.3) is 0 Å². The highest BCUT2D eigenvalue weighted by Gasteiger charge is 2.27. The van der Waals surface area contributed by atoms with Crippen LogP contribution in [0.3, 0.4) is 0 Å². The molecule has 0 spiro atoms. The second kappa shape index (κ2) is 7.07. The summed E-state index contributed by atoms with van der Waals surface area (Å²) in [6.07, 6.45) is 8.62. The summed E-state index contributed by atoms with van der Waals surface area (Å²) in [7, 11) is 0. The molecule has 0 rings (SSSR count). The molecule has 0 aromatic rings. The van der Waals surface area contributed by atoms with E-state index in [-0.39, 0.29) is 0 Å². The molecule has 0 bridgehead atoms. The smallest absolute Gasteiger partial charge is 0.00893 e.